The molecule has 5 heteroatoms. The largest absolute Gasteiger partial charge is 0.493 e. The topological polar surface area (TPSA) is 50.8 Å². The quantitative estimate of drug-likeness (QED) is 0.757. The second-order valence-electron chi connectivity index (χ2n) is 8.61. The summed E-state index contributed by atoms with van der Waals surface area (Å²) in [6.07, 6.45) is 3.85. The number of fused-ring (bicyclic) bond motifs is 1. The van der Waals surface area contributed by atoms with Crippen LogP contribution >= 0.6 is 0 Å². The van der Waals surface area contributed by atoms with Crippen LogP contribution in [0.5, 0.6) is 11.5 Å². The zero-order chi connectivity index (χ0) is 21.1. The monoisotopic (exact) mass is 408 g/mol. The number of carbonyl (C=O) groups is 1. The average molecular weight is 409 g/mol. The summed E-state index contributed by atoms with van der Waals surface area (Å²) in [4.78, 5) is 16.0. The first kappa shape index (κ1) is 20.9. The number of likely N-dealkylation sites (tertiary alicyclic amines) is 1. The van der Waals surface area contributed by atoms with Gasteiger partial charge in [-0.1, -0.05) is 30.3 Å². The molecule has 1 N–H and O–H groups in total. The maximum Gasteiger partial charge on any atom is 0.183 e. The van der Waals surface area contributed by atoms with E-state index in [4.69, 9.17) is 9.47 Å². The summed E-state index contributed by atoms with van der Waals surface area (Å²) in [7, 11) is 5.16. The predicted octanol–water partition coefficient (Wildman–Crippen LogP) is 3.70. The van der Waals surface area contributed by atoms with Gasteiger partial charge in [-0.05, 0) is 75.0 Å². The maximum absolute atomic E-state index is 13.4. The van der Waals surface area contributed by atoms with E-state index < -0.39 is 5.54 Å². The third kappa shape index (κ3) is 3.96. The van der Waals surface area contributed by atoms with Crippen molar-refractivity contribution in [2.24, 2.45) is 5.92 Å². The lowest BCUT2D eigenvalue weighted by Crippen LogP contribution is -2.51. The number of hydrogen-bond donors (Lipinski definition) is 1. The Hall–Kier alpha value is -2.37. The van der Waals surface area contributed by atoms with Gasteiger partial charge in [0.25, 0.3) is 0 Å². The molecular weight excluding hydrogens is 376 g/mol. The number of methoxy groups -OCH3 is 2. The molecule has 1 unspecified atom stereocenters. The summed E-state index contributed by atoms with van der Waals surface area (Å²) in [5.41, 5.74) is 2.66. The lowest BCUT2D eigenvalue weighted by Gasteiger charge is -2.37. The summed E-state index contributed by atoms with van der Waals surface area (Å²) >= 11 is 0. The third-order valence-electron chi connectivity index (χ3n) is 6.85. The molecule has 0 aromatic heterocycles. The van der Waals surface area contributed by atoms with Crippen molar-refractivity contribution in [2.45, 2.75) is 37.8 Å². The van der Waals surface area contributed by atoms with Crippen molar-refractivity contribution >= 4 is 5.78 Å². The van der Waals surface area contributed by atoms with Crippen LogP contribution < -0.4 is 14.8 Å². The molecule has 1 fully saturated rings. The smallest absolute Gasteiger partial charge is 0.183 e. The molecular formula is C25H32N2O3. The van der Waals surface area contributed by atoms with Crippen molar-refractivity contribution in [3.8, 4) is 11.5 Å². The van der Waals surface area contributed by atoms with Crippen molar-refractivity contribution < 1.29 is 14.3 Å². The normalized spacial score (nSPS) is 22.2. The number of benzene rings is 2. The fourth-order valence-corrected chi connectivity index (χ4v) is 5.09. The zero-order valence-electron chi connectivity index (χ0n) is 18.2. The van der Waals surface area contributed by atoms with Crippen LogP contribution in [0, 0.1) is 5.92 Å². The Balaban J connectivity index is 1.43. The molecule has 160 valence electrons. The van der Waals surface area contributed by atoms with Crippen LogP contribution in [-0.2, 0) is 13.0 Å². The number of ketones is 1. The van der Waals surface area contributed by atoms with Gasteiger partial charge in [-0.15, -0.1) is 0 Å². The number of carbonyl (C=O) groups excluding carboxylic acids is 1. The fraction of sp³-hybridized carbons (Fsp3) is 0.480. The van der Waals surface area contributed by atoms with E-state index in [1.54, 1.807) is 14.2 Å². The minimum atomic E-state index is -0.522. The molecule has 30 heavy (non-hydrogen) atoms. The highest BCUT2D eigenvalue weighted by molar-refractivity contribution is 6.08. The molecule has 1 atom stereocenters. The number of nitrogens with one attached hydrogen (secondary N) is 1. The Kier molecular flexibility index (Phi) is 6.11. The summed E-state index contributed by atoms with van der Waals surface area (Å²) in [5.74, 6) is 2.04. The number of hydrogen-bond acceptors (Lipinski definition) is 5. The molecule has 0 saturated carbocycles. The van der Waals surface area contributed by atoms with Gasteiger partial charge < -0.3 is 14.8 Å². The number of Topliss-reactive ketones (excluding diaryl/α,β-unsaturated/α-hetero) is 1. The number of piperidine rings is 1. The van der Waals surface area contributed by atoms with E-state index in [1.807, 2.05) is 19.2 Å². The Morgan fingerprint density at radius 3 is 2.37 bits per heavy atom. The van der Waals surface area contributed by atoms with Crippen molar-refractivity contribution in [3.63, 3.8) is 0 Å². The highest BCUT2D eigenvalue weighted by atomic mass is 16.5. The Labute approximate surface area is 179 Å². The molecule has 2 aromatic carbocycles. The van der Waals surface area contributed by atoms with E-state index in [0.717, 1.165) is 50.0 Å². The molecule has 1 saturated heterocycles. The number of ether oxygens (including phenoxy) is 2. The van der Waals surface area contributed by atoms with E-state index in [9.17, 15) is 4.79 Å². The van der Waals surface area contributed by atoms with Gasteiger partial charge in [0, 0.05) is 12.1 Å². The molecule has 0 bridgehead atoms. The number of nitrogens with zero attached hydrogens (tertiary/aromatic N) is 1. The minimum absolute atomic E-state index is 0.188. The Morgan fingerprint density at radius 1 is 1.07 bits per heavy atom. The fourth-order valence-electron chi connectivity index (χ4n) is 5.09. The first-order chi connectivity index (χ1) is 14.6. The van der Waals surface area contributed by atoms with Crippen LogP contribution in [0.1, 0.15) is 40.7 Å². The molecule has 4 rings (SSSR count). The van der Waals surface area contributed by atoms with Gasteiger partial charge in [0.05, 0.1) is 19.8 Å². The van der Waals surface area contributed by atoms with Crippen molar-refractivity contribution in [2.75, 3.05) is 34.4 Å². The standard InChI is InChI=1S/C25H32N2O3/c1-26-25(16-20-13-22(29-2)23(30-3)14-21(20)24(25)28)15-18-9-11-27(12-10-18)17-19-7-5-4-6-8-19/h4-8,13-14,18,26H,9-12,15-17H2,1-3H3. The van der Waals surface area contributed by atoms with Gasteiger partial charge in [-0.25, -0.2) is 0 Å². The van der Waals surface area contributed by atoms with Crippen LogP contribution in [0.15, 0.2) is 42.5 Å². The first-order valence-corrected chi connectivity index (χ1v) is 10.8. The Morgan fingerprint density at radius 2 is 1.73 bits per heavy atom. The first-order valence-electron chi connectivity index (χ1n) is 10.8. The summed E-state index contributed by atoms with van der Waals surface area (Å²) < 4.78 is 10.9. The highest BCUT2D eigenvalue weighted by Crippen LogP contribution is 2.41. The van der Waals surface area contributed by atoms with Crippen molar-refractivity contribution in [3.05, 3.63) is 59.2 Å². The molecule has 5 nitrogen and oxygen atoms in total. The molecule has 1 aliphatic heterocycles. The third-order valence-corrected chi connectivity index (χ3v) is 6.85. The summed E-state index contributed by atoms with van der Waals surface area (Å²) in [5, 5.41) is 3.40. The lowest BCUT2D eigenvalue weighted by molar-refractivity contribution is 0.0814. The van der Waals surface area contributed by atoms with E-state index in [-0.39, 0.29) is 5.78 Å². The molecule has 1 heterocycles. The van der Waals surface area contributed by atoms with Gasteiger partial charge in [-0.3, -0.25) is 9.69 Å². The Bertz CT molecular complexity index is 891. The van der Waals surface area contributed by atoms with E-state index in [1.165, 1.54) is 5.56 Å². The summed E-state index contributed by atoms with van der Waals surface area (Å²) in [6.45, 7) is 3.18. The van der Waals surface area contributed by atoms with E-state index in [2.05, 4.69) is 40.5 Å². The van der Waals surface area contributed by atoms with E-state index in [0.29, 0.717) is 23.8 Å². The van der Waals surface area contributed by atoms with Gasteiger partial charge in [0.2, 0.25) is 0 Å². The molecule has 2 aromatic rings. The lowest BCUT2D eigenvalue weighted by atomic mass is 9.80. The molecule has 1 aliphatic carbocycles. The average Bonchev–Trinajstić information content (AvgIpc) is 3.06. The van der Waals surface area contributed by atoms with Gasteiger partial charge in [0.1, 0.15) is 0 Å². The second-order valence-corrected chi connectivity index (χ2v) is 8.61. The molecule has 0 amide bonds. The van der Waals surface area contributed by atoms with Crippen LogP contribution in [0.25, 0.3) is 0 Å². The van der Waals surface area contributed by atoms with Crippen LogP contribution in [0.2, 0.25) is 0 Å². The SMILES string of the molecule is CNC1(CC2CCN(Cc3ccccc3)CC2)Cc2cc(OC)c(OC)cc2C1=O. The number of likely N-dealkylation sites (N-methyl/N-ethyl adjacent to an activating group) is 1. The zero-order valence-corrected chi connectivity index (χ0v) is 18.2. The van der Waals surface area contributed by atoms with Crippen LogP contribution in [0.4, 0.5) is 0 Å². The summed E-state index contributed by atoms with van der Waals surface area (Å²) in [6, 6.07) is 14.5. The second kappa shape index (κ2) is 8.78. The molecule has 2 aliphatic rings. The van der Waals surface area contributed by atoms with Crippen molar-refractivity contribution in [1.29, 1.82) is 0 Å². The molecule has 0 spiro atoms. The maximum atomic E-state index is 13.4. The minimum Gasteiger partial charge on any atom is -0.493 e. The van der Waals surface area contributed by atoms with Crippen LogP contribution in [-0.4, -0.2) is 50.6 Å². The van der Waals surface area contributed by atoms with Gasteiger partial charge in [0.15, 0.2) is 17.3 Å². The highest BCUT2D eigenvalue weighted by Gasteiger charge is 2.46. The van der Waals surface area contributed by atoms with Gasteiger partial charge in [-0.2, -0.15) is 0 Å². The molecule has 0 radical (unpaired) electrons. The predicted molar refractivity (Wildman–Crippen MR) is 118 cm³/mol. The van der Waals surface area contributed by atoms with Gasteiger partial charge >= 0.3 is 0 Å². The number of rotatable bonds is 7. The van der Waals surface area contributed by atoms with E-state index >= 15 is 0 Å². The van der Waals surface area contributed by atoms with Crippen molar-refractivity contribution in [1.82, 2.24) is 10.2 Å². The van der Waals surface area contributed by atoms with Crippen LogP contribution in [0.3, 0.4) is 0 Å².